The van der Waals surface area contributed by atoms with Gasteiger partial charge in [0, 0.05) is 35.7 Å². The van der Waals surface area contributed by atoms with Gasteiger partial charge in [-0.3, -0.25) is 23.9 Å². The molecule has 0 aliphatic heterocycles. The lowest BCUT2D eigenvalue weighted by molar-refractivity contribution is -0.144. The second-order valence-electron chi connectivity index (χ2n) is 13.1. The van der Waals surface area contributed by atoms with Crippen LogP contribution in [0.3, 0.4) is 0 Å². The van der Waals surface area contributed by atoms with E-state index in [2.05, 4.69) is 25.2 Å². The Hall–Kier alpha value is -4.91. The van der Waals surface area contributed by atoms with Crippen LogP contribution in [-0.4, -0.2) is 45.1 Å². The maximum absolute atomic E-state index is 15.5. The SMILES string of the molecule is Cn1nc(NS(C)(=O)=O)c2c(Cl)ccc(-c3cc(N)cnc3C(Cc3cc(F)cc(F)c3)NC(=O)Cn3nc(C(F)(F)F)c4c3C(F)(F)C3CCC43)c21. The predicted octanol–water partition coefficient (Wildman–Crippen LogP) is 6.44. The van der Waals surface area contributed by atoms with Gasteiger partial charge in [0.05, 0.1) is 45.8 Å². The average molecular weight is 785 g/mol. The van der Waals surface area contributed by atoms with Crippen LogP contribution in [-0.2, 0) is 46.9 Å². The van der Waals surface area contributed by atoms with Crippen LogP contribution in [0.25, 0.3) is 22.0 Å². The lowest BCUT2D eigenvalue weighted by atomic mass is 9.73. The van der Waals surface area contributed by atoms with Gasteiger partial charge in [-0.05, 0) is 55.0 Å². The second-order valence-corrected chi connectivity index (χ2v) is 15.3. The van der Waals surface area contributed by atoms with Crippen LogP contribution in [0.4, 0.5) is 42.2 Å². The molecule has 0 radical (unpaired) electrons. The summed E-state index contributed by atoms with van der Waals surface area (Å²) in [4.78, 5) is 18.2. The molecule has 2 aromatic carbocycles. The van der Waals surface area contributed by atoms with E-state index in [4.69, 9.17) is 17.3 Å². The van der Waals surface area contributed by atoms with Crippen molar-refractivity contribution in [3.63, 3.8) is 0 Å². The number of nitrogens with one attached hydrogen (secondary N) is 2. The van der Waals surface area contributed by atoms with Crippen LogP contribution in [0.1, 0.15) is 53.0 Å². The molecule has 53 heavy (non-hydrogen) atoms. The molecule has 1 saturated carbocycles. The summed E-state index contributed by atoms with van der Waals surface area (Å²) < 4.78 is 130. The molecule has 0 bridgehead atoms. The van der Waals surface area contributed by atoms with Crippen LogP contribution < -0.4 is 15.8 Å². The molecule has 280 valence electrons. The lowest BCUT2D eigenvalue weighted by Gasteiger charge is -2.34. The average Bonchev–Trinajstić information content (AvgIpc) is 3.57. The molecule has 3 heterocycles. The number of halogens is 8. The molecule has 7 rings (SSSR count). The van der Waals surface area contributed by atoms with Gasteiger partial charge >= 0.3 is 6.18 Å². The van der Waals surface area contributed by atoms with Gasteiger partial charge in [-0.15, -0.1) is 0 Å². The van der Waals surface area contributed by atoms with Crippen molar-refractivity contribution in [2.45, 2.75) is 49.9 Å². The minimum absolute atomic E-state index is 0.00807. The Kier molecular flexibility index (Phi) is 8.67. The highest BCUT2D eigenvalue weighted by molar-refractivity contribution is 7.92. The van der Waals surface area contributed by atoms with Crippen molar-refractivity contribution in [3.05, 3.63) is 87.5 Å². The predicted molar refractivity (Wildman–Crippen MR) is 179 cm³/mol. The van der Waals surface area contributed by atoms with Crippen LogP contribution in [0, 0.1) is 17.6 Å². The Morgan fingerprint density at radius 3 is 2.42 bits per heavy atom. The number of sulfonamides is 1. The summed E-state index contributed by atoms with van der Waals surface area (Å²) in [5.74, 6) is -9.13. The molecular formula is C33H28ClF7N8O3S. The van der Waals surface area contributed by atoms with Crippen molar-refractivity contribution in [3.8, 4) is 11.1 Å². The molecule has 1 amide bonds. The highest BCUT2D eigenvalue weighted by Crippen LogP contribution is 2.64. The number of alkyl halides is 5. The fourth-order valence-corrected chi connectivity index (χ4v) is 8.08. The van der Waals surface area contributed by atoms with E-state index < -0.39 is 81.0 Å². The number of nitrogen functional groups attached to an aromatic ring is 1. The number of benzene rings is 2. The number of hydrogen-bond acceptors (Lipinski definition) is 7. The van der Waals surface area contributed by atoms with E-state index in [-0.39, 0.29) is 63.5 Å². The molecule has 0 spiro atoms. The number of nitrogens with two attached hydrogens (primary N) is 1. The molecule has 2 aliphatic carbocycles. The normalized spacial score (nSPS) is 18.4. The Morgan fingerprint density at radius 1 is 1.09 bits per heavy atom. The first kappa shape index (κ1) is 36.4. The number of hydrogen-bond donors (Lipinski definition) is 3. The van der Waals surface area contributed by atoms with Crippen LogP contribution in [0.2, 0.25) is 5.02 Å². The molecule has 1 fully saturated rings. The molecule has 3 aromatic heterocycles. The van der Waals surface area contributed by atoms with Gasteiger partial charge in [0.2, 0.25) is 15.9 Å². The van der Waals surface area contributed by atoms with Crippen LogP contribution >= 0.6 is 11.6 Å². The fraction of sp³-hybridized carbons (Fsp3) is 0.333. The van der Waals surface area contributed by atoms with E-state index in [1.54, 1.807) is 6.07 Å². The zero-order valence-corrected chi connectivity index (χ0v) is 29.1. The van der Waals surface area contributed by atoms with Gasteiger partial charge in [0.25, 0.3) is 5.92 Å². The van der Waals surface area contributed by atoms with E-state index in [0.717, 1.165) is 18.4 Å². The number of carbonyl (C=O) groups is 1. The van der Waals surface area contributed by atoms with E-state index in [1.165, 1.54) is 30.1 Å². The zero-order chi connectivity index (χ0) is 38.4. The highest BCUT2D eigenvalue weighted by Gasteiger charge is 2.63. The largest absolute Gasteiger partial charge is 0.435 e. The Labute approximate surface area is 301 Å². The summed E-state index contributed by atoms with van der Waals surface area (Å²) in [6, 6.07) is 5.75. The first-order valence-electron chi connectivity index (χ1n) is 15.9. The molecule has 3 unspecified atom stereocenters. The number of aromatic nitrogens is 5. The summed E-state index contributed by atoms with van der Waals surface area (Å²) in [7, 11) is -2.32. The molecule has 3 atom stereocenters. The lowest BCUT2D eigenvalue weighted by Crippen LogP contribution is -2.36. The fourth-order valence-electron chi connectivity index (χ4n) is 7.34. The van der Waals surface area contributed by atoms with Crippen molar-refractivity contribution in [2.75, 3.05) is 16.7 Å². The molecule has 4 N–H and O–H groups in total. The molecule has 0 saturated heterocycles. The van der Waals surface area contributed by atoms with Crippen molar-refractivity contribution < 1.29 is 43.9 Å². The highest BCUT2D eigenvalue weighted by atomic mass is 35.5. The number of anilines is 2. The minimum Gasteiger partial charge on any atom is -0.397 e. The smallest absolute Gasteiger partial charge is 0.397 e. The number of fused-ring (bicyclic) bond motifs is 4. The summed E-state index contributed by atoms with van der Waals surface area (Å²) in [6.45, 7) is -1.06. The van der Waals surface area contributed by atoms with Gasteiger partial charge in [0.1, 0.15) is 23.9 Å². The summed E-state index contributed by atoms with van der Waals surface area (Å²) >= 11 is 6.50. The van der Waals surface area contributed by atoms with Gasteiger partial charge < -0.3 is 11.1 Å². The summed E-state index contributed by atoms with van der Waals surface area (Å²) in [5, 5.41) is 10.6. The number of carbonyl (C=O) groups excluding carboxylic acids is 1. The third-order valence-electron chi connectivity index (χ3n) is 9.45. The van der Waals surface area contributed by atoms with Gasteiger partial charge in [-0.25, -0.2) is 17.2 Å². The monoisotopic (exact) mass is 784 g/mol. The second kappa shape index (κ2) is 12.6. The van der Waals surface area contributed by atoms with Crippen LogP contribution in [0.5, 0.6) is 0 Å². The number of pyridine rings is 1. The zero-order valence-electron chi connectivity index (χ0n) is 27.6. The van der Waals surface area contributed by atoms with Crippen molar-refractivity contribution in [1.29, 1.82) is 0 Å². The summed E-state index contributed by atoms with van der Waals surface area (Å²) in [6.07, 6.45) is -3.14. The molecule has 5 aromatic rings. The molecular weight excluding hydrogens is 757 g/mol. The maximum atomic E-state index is 15.5. The molecule has 2 aliphatic rings. The third-order valence-corrected chi connectivity index (χ3v) is 10.3. The standard InChI is InChI=1S/C33H28ClF7N8O3S/c1-48-28-18(4-6-22(34)26(28)31(46-48)47-53(2,51)52)20-11-17(42)12-43-27(20)23(9-14-7-15(35)10-16(36)8-14)44-24(50)13-49-30-25(29(45-49)33(39,40)41)19-3-5-21(19)32(30,37)38/h4,6-8,10-12,19,21,23H,3,5,9,13,42H2,1-2H3,(H,44,50)(H,46,47). The Balaban J connectivity index is 1.34. The minimum atomic E-state index is -5.06. The quantitative estimate of drug-likeness (QED) is 0.146. The topological polar surface area (TPSA) is 150 Å². The Bertz CT molecular complexity index is 2410. The first-order valence-corrected chi connectivity index (χ1v) is 18.2. The number of rotatable bonds is 9. The van der Waals surface area contributed by atoms with Crippen molar-refractivity contribution >= 4 is 49.9 Å². The van der Waals surface area contributed by atoms with Gasteiger partial charge in [0.15, 0.2) is 11.5 Å². The number of nitrogens with zero attached hydrogens (tertiary/aromatic N) is 5. The molecule has 20 heteroatoms. The van der Waals surface area contributed by atoms with Gasteiger partial charge in [-0.2, -0.15) is 32.1 Å². The first-order chi connectivity index (χ1) is 24.7. The third kappa shape index (κ3) is 6.53. The van der Waals surface area contributed by atoms with Crippen molar-refractivity contribution in [1.82, 2.24) is 29.9 Å². The summed E-state index contributed by atoms with van der Waals surface area (Å²) in [5.41, 5.74) is 4.06. The number of amides is 1. The number of aryl methyl sites for hydroxylation is 1. The van der Waals surface area contributed by atoms with E-state index in [1.807, 2.05) is 0 Å². The van der Waals surface area contributed by atoms with E-state index >= 15 is 8.78 Å². The van der Waals surface area contributed by atoms with E-state index in [9.17, 15) is 35.2 Å². The van der Waals surface area contributed by atoms with Crippen molar-refractivity contribution in [2.24, 2.45) is 13.0 Å². The molecule has 11 nitrogen and oxygen atoms in total. The van der Waals surface area contributed by atoms with E-state index in [0.29, 0.717) is 16.3 Å². The Morgan fingerprint density at radius 2 is 1.79 bits per heavy atom. The van der Waals surface area contributed by atoms with Crippen LogP contribution in [0.15, 0.2) is 42.6 Å². The van der Waals surface area contributed by atoms with Gasteiger partial charge in [-0.1, -0.05) is 17.7 Å². The maximum Gasteiger partial charge on any atom is 0.435 e.